The van der Waals surface area contributed by atoms with E-state index in [9.17, 15) is 0 Å². The molecule has 1 aliphatic rings. The van der Waals surface area contributed by atoms with Gasteiger partial charge in [-0.05, 0) is 25.5 Å². The number of anilines is 2. The summed E-state index contributed by atoms with van der Waals surface area (Å²) in [4.78, 5) is 17.7. The van der Waals surface area contributed by atoms with Crippen molar-refractivity contribution >= 4 is 11.6 Å². The molecule has 3 rings (SSSR count). The minimum Gasteiger partial charge on any atom is -0.355 e. The second-order valence-corrected chi connectivity index (χ2v) is 5.03. The van der Waals surface area contributed by atoms with Crippen molar-refractivity contribution in [3.8, 4) is 0 Å². The molecule has 0 aliphatic carbocycles. The molecule has 5 heteroatoms. The van der Waals surface area contributed by atoms with Crippen molar-refractivity contribution < 1.29 is 0 Å². The van der Waals surface area contributed by atoms with E-state index in [-0.39, 0.29) is 0 Å². The van der Waals surface area contributed by atoms with Crippen LogP contribution in [0.25, 0.3) is 0 Å². The fraction of sp³-hybridized carbons (Fsp3) is 0.400. The zero-order chi connectivity index (χ0) is 13.8. The van der Waals surface area contributed by atoms with Crippen LogP contribution in [0.3, 0.4) is 0 Å². The average Bonchev–Trinajstić information content (AvgIpc) is 2.74. The molecular formula is C15H19N5. The molecule has 1 fully saturated rings. The fourth-order valence-corrected chi connectivity index (χ4v) is 2.53. The highest BCUT2D eigenvalue weighted by Gasteiger charge is 2.16. The molecule has 0 aromatic carbocycles. The van der Waals surface area contributed by atoms with Crippen LogP contribution < -0.4 is 9.80 Å². The topological polar surface area (TPSA) is 45.2 Å². The van der Waals surface area contributed by atoms with Gasteiger partial charge < -0.3 is 9.80 Å². The summed E-state index contributed by atoms with van der Waals surface area (Å²) in [5.74, 6) is 2.09. The van der Waals surface area contributed by atoms with Crippen LogP contribution in [-0.4, -0.2) is 41.1 Å². The largest absolute Gasteiger partial charge is 0.355 e. The highest BCUT2D eigenvalue weighted by molar-refractivity contribution is 5.42. The molecular weight excluding hydrogens is 250 g/mol. The molecule has 0 unspecified atom stereocenters. The molecule has 104 valence electrons. The van der Waals surface area contributed by atoms with Gasteiger partial charge in [-0.25, -0.2) is 15.0 Å². The van der Waals surface area contributed by atoms with E-state index in [4.69, 9.17) is 0 Å². The lowest BCUT2D eigenvalue weighted by atomic mass is 10.3. The van der Waals surface area contributed by atoms with Gasteiger partial charge in [-0.1, -0.05) is 6.07 Å². The minimum atomic E-state index is 0.965. The molecule has 0 amide bonds. The number of rotatable bonds is 2. The third kappa shape index (κ3) is 2.87. The van der Waals surface area contributed by atoms with E-state index >= 15 is 0 Å². The number of aromatic nitrogens is 3. The van der Waals surface area contributed by atoms with Crippen LogP contribution >= 0.6 is 0 Å². The van der Waals surface area contributed by atoms with Crippen LogP contribution in [-0.2, 0) is 0 Å². The molecule has 0 bridgehead atoms. The molecule has 5 nitrogen and oxygen atoms in total. The zero-order valence-corrected chi connectivity index (χ0v) is 11.7. The Morgan fingerprint density at radius 2 is 1.70 bits per heavy atom. The van der Waals surface area contributed by atoms with Crippen molar-refractivity contribution in [2.24, 2.45) is 0 Å². The quantitative estimate of drug-likeness (QED) is 0.833. The van der Waals surface area contributed by atoms with Crippen LogP contribution in [0.15, 0.2) is 36.8 Å². The van der Waals surface area contributed by atoms with Crippen LogP contribution in [0.4, 0.5) is 11.6 Å². The Hall–Kier alpha value is -2.17. The molecule has 2 aromatic rings. The van der Waals surface area contributed by atoms with Crippen molar-refractivity contribution in [2.45, 2.75) is 13.3 Å². The maximum absolute atomic E-state index is 4.44. The van der Waals surface area contributed by atoms with Gasteiger partial charge in [-0.15, -0.1) is 0 Å². The molecule has 0 atom stereocenters. The third-order valence-electron chi connectivity index (χ3n) is 3.58. The van der Waals surface area contributed by atoms with Crippen LogP contribution in [0.2, 0.25) is 0 Å². The molecule has 20 heavy (non-hydrogen) atoms. The van der Waals surface area contributed by atoms with Gasteiger partial charge in [0.15, 0.2) is 0 Å². The molecule has 0 saturated carbocycles. The van der Waals surface area contributed by atoms with Crippen molar-refractivity contribution in [3.63, 3.8) is 0 Å². The first kappa shape index (κ1) is 12.8. The van der Waals surface area contributed by atoms with Gasteiger partial charge in [-0.2, -0.15) is 0 Å². The Bertz CT molecular complexity index is 557. The summed E-state index contributed by atoms with van der Waals surface area (Å²) in [7, 11) is 0. The highest BCUT2D eigenvalue weighted by Crippen LogP contribution is 2.17. The highest BCUT2D eigenvalue weighted by atomic mass is 15.3. The molecule has 3 heterocycles. The second kappa shape index (κ2) is 5.86. The number of hydrogen-bond acceptors (Lipinski definition) is 5. The predicted molar refractivity (Wildman–Crippen MR) is 80.0 cm³/mol. The van der Waals surface area contributed by atoms with Crippen molar-refractivity contribution in [3.05, 3.63) is 42.5 Å². The lowest BCUT2D eigenvalue weighted by molar-refractivity contribution is 0.792. The first-order valence-electron chi connectivity index (χ1n) is 7.02. The van der Waals surface area contributed by atoms with E-state index in [1.54, 1.807) is 6.33 Å². The Morgan fingerprint density at radius 3 is 2.40 bits per heavy atom. The Balaban J connectivity index is 1.71. The molecule has 1 aliphatic heterocycles. The van der Waals surface area contributed by atoms with E-state index in [0.29, 0.717) is 0 Å². The van der Waals surface area contributed by atoms with Gasteiger partial charge in [-0.3, -0.25) is 0 Å². The maximum atomic E-state index is 4.44. The van der Waals surface area contributed by atoms with Crippen LogP contribution in [0, 0.1) is 6.92 Å². The lowest BCUT2D eigenvalue weighted by Crippen LogP contribution is -2.31. The van der Waals surface area contributed by atoms with E-state index in [2.05, 4.69) is 36.9 Å². The molecule has 0 spiro atoms. The molecule has 0 radical (unpaired) electrons. The normalized spacial score (nSPS) is 16.1. The number of pyridine rings is 1. The van der Waals surface area contributed by atoms with Gasteiger partial charge >= 0.3 is 0 Å². The standard InChI is InChI=1S/C15H19N5/c1-13-11-15(18-12-17-13)20-8-4-7-19(9-10-20)14-5-2-3-6-16-14/h2-3,5-6,11-12H,4,7-10H2,1H3. The summed E-state index contributed by atoms with van der Waals surface area (Å²) in [6.45, 7) is 6.01. The van der Waals surface area contributed by atoms with Crippen molar-refractivity contribution in [1.82, 2.24) is 15.0 Å². The minimum absolute atomic E-state index is 0.965. The van der Waals surface area contributed by atoms with E-state index < -0.39 is 0 Å². The third-order valence-corrected chi connectivity index (χ3v) is 3.58. The zero-order valence-electron chi connectivity index (χ0n) is 11.7. The first-order valence-corrected chi connectivity index (χ1v) is 7.02. The summed E-state index contributed by atoms with van der Waals surface area (Å²) in [6.07, 6.45) is 4.61. The van der Waals surface area contributed by atoms with Crippen LogP contribution in [0.1, 0.15) is 12.1 Å². The van der Waals surface area contributed by atoms with Crippen molar-refractivity contribution in [2.75, 3.05) is 36.0 Å². The van der Waals surface area contributed by atoms with Gasteiger partial charge in [0.2, 0.25) is 0 Å². The summed E-state index contributed by atoms with van der Waals surface area (Å²) in [6, 6.07) is 8.12. The lowest BCUT2D eigenvalue weighted by Gasteiger charge is -2.23. The number of nitrogens with zero attached hydrogens (tertiary/aromatic N) is 5. The maximum Gasteiger partial charge on any atom is 0.132 e. The van der Waals surface area contributed by atoms with E-state index in [1.807, 2.05) is 25.3 Å². The van der Waals surface area contributed by atoms with E-state index in [1.165, 1.54) is 0 Å². The smallest absolute Gasteiger partial charge is 0.132 e. The Kier molecular flexibility index (Phi) is 3.76. The van der Waals surface area contributed by atoms with Gasteiger partial charge in [0.1, 0.15) is 18.0 Å². The van der Waals surface area contributed by atoms with Gasteiger partial charge in [0.25, 0.3) is 0 Å². The fourth-order valence-electron chi connectivity index (χ4n) is 2.53. The summed E-state index contributed by atoms with van der Waals surface area (Å²) < 4.78 is 0. The number of hydrogen-bond donors (Lipinski definition) is 0. The second-order valence-electron chi connectivity index (χ2n) is 5.03. The molecule has 0 N–H and O–H groups in total. The Morgan fingerprint density at radius 1 is 0.900 bits per heavy atom. The summed E-state index contributed by atoms with van der Waals surface area (Å²) in [5.41, 5.74) is 1.01. The SMILES string of the molecule is Cc1cc(N2CCCN(c3ccccn3)CC2)ncn1. The Labute approximate surface area is 119 Å². The van der Waals surface area contributed by atoms with Gasteiger partial charge in [0, 0.05) is 44.1 Å². The monoisotopic (exact) mass is 269 g/mol. The summed E-state index contributed by atoms with van der Waals surface area (Å²) >= 11 is 0. The van der Waals surface area contributed by atoms with Crippen molar-refractivity contribution in [1.29, 1.82) is 0 Å². The van der Waals surface area contributed by atoms with Gasteiger partial charge in [0.05, 0.1) is 0 Å². The van der Waals surface area contributed by atoms with E-state index in [0.717, 1.165) is 49.9 Å². The molecule has 2 aromatic heterocycles. The first-order chi connectivity index (χ1) is 9.83. The summed E-state index contributed by atoms with van der Waals surface area (Å²) in [5, 5.41) is 0. The van der Waals surface area contributed by atoms with Crippen LogP contribution in [0.5, 0.6) is 0 Å². The number of aryl methyl sites for hydroxylation is 1. The molecule has 1 saturated heterocycles. The average molecular weight is 269 g/mol. The predicted octanol–water partition coefficient (Wildman–Crippen LogP) is 1.90.